The molecule has 2 heterocycles. The Hall–Kier alpha value is 0.270. The number of rotatable bonds is 6. The van der Waals surface area contributed by atoms with Crippen LogP contribution >= 0.6 is 11.8 Å². The molecule has 2 fully saturated rings. The molecule has 3 heteroatoms. The lowest BCUT2D eigenvalue weighted by Gasteiger charge is -2.19. The molecule has 0 aromatic carbocycles. The lowest BCUT2D eigenvalue weighted by Crippen LogP contribution is -2.30. The normalized spacial score (nSPS) is 31.3. The minimum Gasteiger partial charge on any atom is -0.316 e. The standard InChI is InChI=1S/C13H26N2S/c1-2-6-14-9-12-5-7-15(10-12)11-13-4-3-8-16-13/h12-14H,2-11H2,1H3. The molecule has 2 aliphatic rings. The van der Waals surface area contributed by atoms with E-state index >= 15 is 0 Å². The minimum atomic E-state index is 0.915. The van der Waals surface area contributed by atoms with Gasteiger partial charge in [-0.15, -0.1) is 0 Å². The Morgan fingerprint density at radius 2 is 2.31 bits per heavy atom. The number of hydrogen-bond acceptors (Lipinski definition) is 3. The van der Waals surface area contributed by atoms with Crippen molar-refractivity contribution in [2.45, 2.75) is 37.9 Å². The van der Waals surface area contributed by atoms with Crippen molar-refractivity contribution in [3.05, 3.63) is 0 Å². The Kier molecular flexibility index (Phi) is 5.46. The van der Waals surface area contributed by atoms with E-state index in [0.717, 1.165) is 11.2 Å². The Balaban J connectivity index is 1.59. The van der Waals surface area contributed by atoms with Crippen LogP contribution in [-0.4, -0.2) is 48.6 Å². The van der Waals surface area contributed by atoms with E-state index < -0.39 is 0 Å². The summed E-state index contributed by atoms with van der Waals surface area (Å²) in [5.41, 5.74) is 0. The molecular weight excluding hydrogens is 216 g/mol. The van der Waals surface area contributed by atoms with Gasteiger partial charge in [-0.1, -0.05) is 6.92 Å². The molecule has 0 aromatic rings. The predicted molar refractivity (Wildman–Crippen MR) is 73.2 cm³/mol. The van der Waals surface area contributed by atoms with Crippen LogP contribution in [0.25, 0.3) is 0 Å². The lowest BCUT2D eigenvalue weighted by molar-refractivity contribution is 0.320. The van der Waals surface area contributed by atoms with Gasteiger partial charge >= 0.3 is 0 Å². The second-order valence-corrected chi connectivity index (χ2v) is 6.66. The van der Waals surface area contributed by atoms with Crippen LogP contribution in [0.4, 0.5) is 0 Å². The maximum atomic E-state index is 3.56. The zero-order chi connectivity index (χ0) is 11.2. The van der Waals surface area contributed by atoms with Gasteiger partial charge in [0.1, 0.15) is 0 Å². The zero-order valence-electron chi connectivity index (χ0n) is 10.6. The fourth-order valence-electron chi connectivity index (χ4n) is 2.80. The topological polar surface area (TPSA) is 15.3 Å². The molecule has 0 spiro atoms. The van der Waals surface area contributed by atoms with E-state index in [2.05, 4.69) is 28.9 Å². The van der Waals surface area contributed by atoms with Gasteiger partial charge in [-0.2, -0.15) is 11.8 Å². The van der Waals surface area contributed by atoms with Crippen molar-refractivity contribution in [1.82, 2.24) is 10.2 Å². The molecule has 2 unspecified atom stereocenters. The van der Waals surface area contributed by atoms with E-state index in [1.54, 1.807) is 0 Å². The highest BCUT2D eigenvalue weighted by molar-refractivity contribution is 8.00. The van der Waals surface area contributed by atoms with Crippen molar-refractivity contribution in [2.75, 3.05) is 38.5 Å². The summed E-state index contributed by atoms with van der Waals surface area (Å²) in [6.07, 6.45) is 5.58. The quantitative estimate of drug-likeness (QED) is 0.719. The second-order valence-electron chi connectivity index (χ2n) is 5.25. The number of thioether (sulfide) groups is 1. The van der Waals surface area contributed by atoms with Crippen molar-refractivity contribution in [3.63, 3.8) is 0 Å². The maximum absolute atomic E-state index is 3.56. The van der Waals surface area contributed by atoms with Crippen LogP contribution in [0.5, 0.6) is 0 Å². The van der Waals surface area contributed by atoms with Gasteiger partial charge in [0, 0.05) is 18.3 Å². The van der Waals surface area contributed by atoms with Gasteiger partial charge in [-0.05, 0) is 57.0 Å². The summed E-state index contributed by atoms with van der Waals surface area (Å²) in [5.74, 6) is 2.32. The van der Waals surface area contributed by atoms with Crippen LogP contribution < -0.4 is 5.32 Å². The van der Waals surface area contributed by atoms with E-state index in [0.29, 0.717) is 0 Å². The van der Waals surface area contributed by atoms with E-state index in [-0.39, 0.29) is 0 Å². The van der Waals surface area contributed by atoms with Crippen LogP contribution in [0.15, 0.2) is 0 Å². The molecule has 0 amide bonds. The van der Waals surface area contributed by atoms with Crippen LogP contribution in [0, 0.1) is 5.92 Å². The maximum Gasteiger partial charge on any atom is 0.0175 e. The number of likely N-dealkylation sites (tertiary alicyclic amines) is 1. The highest BCUT2D eigenvalue weighted by Gasteiger charge is 2.25. The fraction of sp³-hybridized carbons (Fsp3) is 1.00. The monoisotopic (exact) mass is 242 g/mol. The Labute approximate surface area is 105 Å². The zero-order valence-corrected chi connectivity index (χ0v) is 11.4. The average Bonchev–Trinajstić information content (AvgIpc) is 2.91. The Morgan fingerprint density at radius 3 is 3.06 bits per heavy atom. The molecular formula is C13H26N2S. The summed E-state index contributed by atoms with van der Waals surface area (Å²) in [5, 5.41) is 4.51. The predicted octanol–water partition coefficient (Wildman–Crippen LogP) is 2.20. The van der Waals surface area contributed by atoms with Crippen LogP contribution in [0.2, 0.25) is 0 Å². The van der Waals surface area contributed by atoms with Crippen molar-refractivity contribution >= 4 is 11.8 Å². The summed E-state index contributed by atoms with van der Waals surface area (Å²) < 4.78 is 0. The Morgan fingerprint density at radius 1 is 1.38 bits per heavy atom. The summed E-state index contributed by atoms with van der Waals surface area (Å²) in [4.78, 5) is 2.70. The largest absolute Gasteiger partial charge is 0.316 e. The van der Waals surface area contributed by atoms with Gasteiger partial charge in [-0.3, -0.25) is 0 Å². The molecule has 2 aliphatic heterocycles. The molecule has 0 aromatic heterocycles. The van der Waals surface area contributed by atoms with Crippen molar-refractivity contribution in [3.8, 4) is 0 Å². The molecule has 0 bridgehead atoms. The molecule has 1 N–H and O–H groups in total. The number of nitrogens with one attached hydrogen (secondary N) is 1. The summed E-state index contributed by atoms with van der Waals surface area (Å²) in [6.45, 7) is 8.71. The summed E-state index contributed by atoms with van der Waals surface area (Å²) in [6, 6.07) is 0. The third-order valence-corrected chi connectivity index (χ3v) is 5.10. The third kappa shape index (κ3) is 3.94. The fourth-order valence-corrected chi connectivity index (χ4v) is 4.12. The van der Waals surface area contributed by atoms with Gasteiger partial charge in [0.05, 0.1) is 0 Å². The van der Waals surface area contributed by atoms with E-state index in [9.17, 15) is 0 Å². The van der Waals surface area contributed by atoms with Gasteiger partial charge in [0.2, 0.25) is 0 Å². The van der Waals surface area contributed by atoms with Crippen LogP contribution in [0.3, 0.4) is 0 Å². The molecule has 2 nitrogen and oxygen atoms in total. The molecule has 2 saturated heterocycles. The first-order valence-electron chi connectivity index (χ1n) is 6.93. The van der Waals surface area contributed by atoms with E-state index in [4.69, 9.17) is 0 Å². The van der Waals surface area contributed by atoms with Crippen LogP contribution in [-0.2, 0) is 0 Å². The number of hydrogen-bond donors (Lipinski definition) is 1. The van der Waals surface area contributed by atoms with E-state index in [1.165, 1.54) is 64.2 Å². The minimum absolute atomic E-state index is 0.915. The first-order chi connectivity index (χ1) is 7.88. The average molecular weight is 242 g/mol. The summed E-state index contributed by atoms with van der Waals surface area (Å²) in [7, 11) is 0. The highest BCUT2D eigenvalue weighted by Crippen LogP contribution is 2.28. The van der Waals surface area contributed by atoms with Gasteiger partial charge in [-0.25, -0.2) is 0 Å². The van der Waals surface area contributed by atoms with Crippen LogP contribution in [0.1, 0.15) is 32.6 Å². The van der Waals surface area contributed by atoms with Gasteiger partial charge in [0.15, 0.2) is 0 Å². The molecule has 94 valence electrons. The molecule has 0 radical (unpaired) electrons. The lowest BCUT2D eigenvalue weighted by atomic mass is 10.1. The van der Waals surface area contributed by atoms with Crippen molar-refractivity contribution in [2.24, 2.45) is 5.92 Å². The van der Waals surface area contributed by atoms with Gasteiger partial charge in [0.25, 0.3) is 0 Å². The molecule has 2 atom stereocenters. The smallest absolute Gasteiger partial charge is 0.0175 e. The third-order valence-electron chi connectivity index (χ3n) is 3.72. The molecule has 2 rings (SSSR count). The Bertz CT molecular complexity index is 192. The number of nitrogens with zero attached hydrogens (tertiary/aromatic N) is 1. The SMILES string of the molecule is CCCNCC1CCN(CC2CCCS2)C1. The molecule has 16 heavy (non-hydrogen) atoms. The van der Waals surface area contributed by atoms with Gasteiger partial charge < -0.3 is 10.2 Å². The summed E-state index contributed by atoms with van der Waals surface area (Å²) >= 11 is 2.19. The first-order valence-corrected chi connectivity index (χ1v) is 7.98. The first kappa shape index (κ1) is 12.7. The molecule has 0 aliphatic carbocycles. The van der Waals surface area contributed by atoms with Crippen molar-refractivity contribution < 1.29 is 0 Å². The van der Waals surface area contributed by atoms with Crippen molar-refractivity contribution in [1.29, 1.82) is 0 Å². The van der Waals surface area contributed by atoms with E-state index in [1.807, 2.05) is 0 Å². The highest BCUT2D eigenvalue weighted by atomic mass is 32.2. The second kappa shape index (κ2) is 6.87. The molecule has 0 saturated carbocycles.